The van der Waals surface area contributed by atoms with Gasteiger partial charge >= 0.3 is 0 Å². The van der Waals surface area contributed by atoms with Crippen molar-refractivity contribution in [1.29, 1.82) is 0 Å². The van der Waals surface area contributed by atoms with Crippen molar-refractivity contribution < 1.29 is 0 Å². The summed E-state index contributed by atoms with van der Waals surface area (Å²) >= 11 is 5.12. The first kappa shape index (κ1) is 12.8. The van der Waals surface area contributed by atoms with Crippen molar-refractivity contribution in [3.05, 3.63) is 39.4 Å². The maximum absolute atomic E-state index is 4.72. The van der Waals surface area contributed by atoms with Gasteiger partial charge in [-0.25, -0.2) is 9.50 Å². The highest BCUT2D eigenvalue weighted by Gasteiger charge is 2.15. The molecule has 2 aromatic heterocycles. The lowest BCUT2D eigenvalue weighted by Crippen LogP contribution is -1.92. The van der Waals surface area contributed by atoms with Gasteiger partial charge in [-0.2, -0.15) is 5.10 Å². The smallest absolute Gasteiger partial charge is 0.212 e. The van der Waals surface area contributed by atoms with E-state index in [-0.39, 0.29) is 0 Å². The minimum absolute atomic E-state index is 0.447. The molecule has 0 N–H and O–H groups in total. The van der Waals surface area contributed by atoms with Gasteiger partial charge in [0.25, 0.3) is 0 Å². The zero-order valence-corrected chi connectivity index (χ0v) is 13.4. The fourth-order valence-corrected chi connectivity index (χ4v) is 3.19. The van der Waals surface area contributed by atoms with Crippen LogP contribution in [-0.4, -0.2) is 14.6 Å². The molecule has 1 aromatic carbocycles. The average molecular weight is 336 g/mol. The molecular weight excluding hydrogens is 322 g/mol. The highest BCUT2D eigenvalue weighted by Crippen LogP contribution is 2.29. The van der Waals surface area contributed by atoms with Crippen molar-refractivity contribution in [2.75, 3.05) is 0 Å². The van der Waals surface area contributed by atoms with E-state index in [4.69, 9.17) is 4.98 Å². The Hall–Kier alpha value is -1.20. The summed E-state index contributed by atoms with van der Waals surface area (Å²) in [6, 6.07) is 8.23. The average Bonchev–Trinajstić information content (AvgIpc) is 2.91. The Labute approximate surface area is 124 Å². The summed E-state index contributed by atoms with van der Waals surface area (Å²) in [7, 11) is 0. The Morgan fingerprint density at radius 3 is 2.47 bits per heavy atom. The van der Waals surface area contributed by atoms with Crippen LogP contribution in [0.15, 0.2) is 28.7 Å². The van der Waals surface area contributed by atoms with Crippen molar-refractivity contribution in [3.63, 3.8) is 0 Å². The normalized spacial score (nSPS) is 11.6. The van der Waals surface area contributed by atoms with Crippen LogP contribution in [0.2, 0.25) is 0 Å². The Balaban J connectivity index is 2.13. The third kappa shape index (κ3) is 2.21. The Morgan fingerprint density at radius 2 is 1.89 bits per heavy atom. The molecule has 0 unspecified atom stereocenters. The molecule has 0 saturated heterocycles. The van der Waals surface area contributed by atoms with E-state index >= 15 is 0 Å². The van der Waals surface area contributed by atoms with Crippen molar-refractivity contribution in [2.45, 2.75) is 26.7 Å². The number of halogens is 1. The van der Waals surface area contributed by atoms with E-state index in [0.717, 1.165) is 31.4 Å². The molecule has 0 aliphatic rings. The van der Waals surface area contributed by atoms with Gasteiger partial charge in [0.05, 0.1) is 11.4 Å². The van der Waals surface area contributed by atoms with Gasteiger partial charge in [-0.3, -0.25) is 0 Å². The maximum Gasteiger partial charge on any atom is 0.212 e. The van der Waals surface area contributed by atoms with E-state index in [1.165, 1.54) is 0 Å². The first-order valence-corrected chi connectivity index (χ1v) is 7.79. The largest absolute Gasteiger partial charge is 0.217 e. The standard InChI is InChI=1S/C14H14BrN3S/c1-8(2)13-17-18-9(3)12(16-14(18)19-13)10-4-6-11(15)7-5-10/h4-8H,1-3H3. The molecule has 0 fully saturated rings. The van der Waals surface area contributed by atoms with Gasteiger partial charge in [-0.15, -0.1) is 0 Å². The van der Waals surface area contributed by atoms with Gasteiger partial charge in [0.1, 0.15) is 5.01 Å². The van der Waals surface area contributed by atoms with Gasteiger partial charge in [-0.05, 0) is 19.1 Å². The summed E-state index contributed by atoms with van der Waals surface area (Å²) in [5, 5.41) is 5.77. The number of fused-ring (bicyclic) bond motifs is 1. The fraction of sp³-hybridized carbons (Fsp3) is 0.286. The van der Waals surface area contributed by atoms with E-state index in [1.54, 1.807) is 11.3 Å². The Kier molecular flexibility index (Phi) is 3.19. The molecule has 0 aliphatic heterocycles. The third-order valence-electron chi connectivity index (χ3n) is 3.06. The highest BCUT2D eigenvalue weighted by atomic mass is 79.9. The number of hydrogen-bond acceptors (Lipinski definition) is 3. The van der Waals surface area contributed by atoms with Gasteiger partial charge in [0.2, 0.25) is 4.96 Å². The molecule has 0 amide bonds. The first-order valence-electron chi connectivity index (χ1n) is 6.18. The monoisotopic (exact) mass is 335 g/mol. The SMILES string of the molecule is Cc1c(-c2ccc(Br)cc2)nc2sc(C(C)C)nn12. The number of aryl methyl sites for hydroxylation is 1. The molecule has 0 atom stereocenters. The second-order valence-corrected chi connectivity index (χ2v) is 6.75. The number of rotatable bonds is 2. The van der Waals surface area contributed by atoms with E-state index in [2.05, 4.69) is 53.9 Å². The molecular formula is C14H14BrN3S. The van der Waals surface area contributed by atoms with Gasteiger partial charge < -0.3 is 0 Å². The van der Waals surface area contributed by atoms with Crippen molar-refractivity contribution in [2.24, 2.45) is 0 Å². The molecule has 5 heteroatoms. The second kappa shape index (κ2) is 4.72. The van der Waals surface area contributed by atoms with Crippen molar-refractivity contribution in [1.82, 2.24) is 14.6 Å². The number of benzene rings is 1. The third-order valence-corrected chi connectivity index (χ3v) is 4.79. The van der Waals surface area contributed by atoms with Crippen molar-refractivity contribution >= 4 is 32.2 Å². The second-order valence-electron chi connectivity index (χ2n) is 4.84. The van der Waals surface area contributed by atoms with Gasteiger partial charge in [-0.1, -0.05) is 53.2 Å². The van der Waals surface area contributed by atoms with Gasteiger partial charge in [0, 0.05) is 16.0 Å². The van der Waals surface area contributed by atoms with E-state index in [0.29, 0.717) is 5.92 Å². The molecule has 0 aliphatic carbocycles. The van der Waals surface area contributed by atoms with Crippen LogP contribution in [0.3, 0.4) is 0 Å². The summed E-state index contributed by atoms with van der Waals surface area (Å²) in [5.41, 5.74) is 3.24. The van der Waals surface area contributed by atoms with E-state index < -0.39 is 0 Å². The van der Waals surface area contributed by atoms with Gasteiger partial charge in [0.15, 0.2) is 0 Å². The molecule has 19 heavy (non-hydrogen) atoms. The maximum atomic E-state index is 4.72. The predicted octanol–water partition coefficient (Wildman–Crippen LogP) is 4.65. The summed E-state index contributed by atoms with van der Waals surface area (Å²) in [6.07, 6.45) is 0. The van der Waals surface area contributed by atoms with Crippen LogP contribution in [-0.2, 0) is 0 Å². The zero-order valence-electron chi connectivity index (χ0n) is 11.0. The highest BCUT2D eigenvalue weighted by molar-refractivity contribution is 9.10. The van der Waals surface area contributed by atoms with E-state index in [9.17, 15) is 0 Å². The number of hydrogen-bond donors (Lipinski definition) is 0. The van der Waals surface area contributed by atoms with Crippen LogP contribution in [0.25, 0.3) is 16.2 Å². The molecule has 98 valence electrons. The molecule has 3 rings (SSSR count). The lowest BCUT2D eigenvalue weighted by Gasteiger charge is -2.00. The lowest BCUT2D eigenvalue weighted by molar-refractivity contribution is 0.793. The van der Waals surface area contributed by atoms with Crippen LogP contribution in [0.1, 0.15) is 30.5 Å². The molecule has 0 saturated carbocycles. The quantitative estimate of drug-likeness (QED) is 0.682. The topological polar surface area (TPSA) is 30.2 Å². The number of nitrogens with zero attached hydrogens (tertiary/aromatic N) is 3. The van der Waals surface area contributed by atoms with E-state index in [1.807, 2.05) is 16.6 Å². The summed E-state index contributed by atoms with van der Waals surface area (Å²) in [6.45, 7) is 6.38. The molecule has 3 aromatic rings. The summed E-state index contributed by atoms with van der Waals surface area (Å²) < 4.78 is 3.03. The first-order chi connectivity index (χ1) is 9.06. The Morgan fingerprint density at radius 1 is 1.21 bits per heavy atom. The van der Waals surface area contributed by atoms with Crippen LogP contribution < -0.4 is 0 Å². The van der Waals surface area contributed by atoms with Crippen molar-refractivity contribution in [3.8, 4) is 11.3 Å². The predicted molar refractivity (Wildman–Crippen MR) is 82.8 cm³/mol. The molecule has 0 bridgehead atoms. The summed E-state index contributed by atoms with van der Waals surface area (Å²) in [5.74, 6) is 0.447. The van der Waals surface area contributed by atoms with Crippen LogP contribution in [0.5, 0.6) is 0 Å². The number of aromatic nitrogens is 3. The lowest BCUT2D eigenvalue weighted by atomic mass is 10.1. The zero-order chi connectivity index (χ0) is 13.6. The minimum Gasteiger partial charge on any atom is -0.217 e. The molecule has 2 heterocycles. The molecule has 3 nitrogen and oxygen atoms in total. The van der Waals surface area contributed by atoms with Crippen LogP contribution in [0, 0.1) is 6.92 Å². The molecule has 0 spiro atoms. The molecule has 0 radical (unpaired) electrons. The summed E-state index contributed by atoms with van der Waals surface area (Å²) in [4.78, 5) is 5.69. The fourth-order valence-electron chi connectivity index (χ4n) is 1.98. The Bertz CT molecular complexity index is 725. The van der Waals surface area contributed by atoms with Crippen LogP contribution in [0.4, 0.5) is 0 Å². The number of imidazole rings is 1. The minimum atomic E-state index is 0.447. The van der Waals surface area contributed by atoms with Crippen LogP contribution >= 0.6 is 27.3 Å².